The average Bonchev–Trinajstić information content (AvgIpc) is 2.78. The highest BCUT2D eigenvalue weighted by atomic mass is 16.4. The van der Waals surface area contributed by atoms with Gasteiger partial charge in [-0.1, -0.05) is 13.3 Å². The maximum Gasteiger partial charge on any atom is 0.307 e. The average molecular weight is 256 g/mol. The number of hydrogen-bond acceptors (Lipinski definition) is 3. The first-order valence-electron chi connectivity index (χ1n) is 6.75. The summed E-state index contributed by atoms with van der Waals surface area (Å²) in [5.41, 5.74) is 0. The fraction of sp³-hybridized carbons (Fsp3) is 0.846. The second-order valence-corrected chi connectivity index (χ2v) is 5.05. The van der Waals surface area contributed by atoms with Crippen molar-refractivity contribution in [1.29, 1.82) is 0 Å². The van der Waals surface area contributed by atoms with Gasteiger partial charge in [0.1, 0.15) is 0 Å². The van der Waals surface area contributed by atoms with Gasteiger partial charge in [-0.3, -0.25) is 9.59 Å². The number of carbonyl (C=O) groups excluding carboxylic acids is 1. The van der Waals surface area contributed by atoms with Crippen LogP contribution in [0.15, 0.2) is 0 Å². The molecule has 0 aliphatic heterocycles. The Bertz CT molecular complexity index is 294. The number of aliphatic carboxylic acids is 1. The molecule has 5 nitrogen and oxygen atoms in total. The lowest BCUT2D eigenvalue weighted by Crippen LogP contribution is -2.36. The smallest absolute Gasteiger partial charge is 0.307 e. The van der Waals surface area contributed by atoms with Crippen LogP contribution < -0.4 is 10.6 Å². The highest BCUT2D eigenvalue weighted by Gasteiger charge is 2.41. The highest BCUT2D eigenvalue weighted by Crippen LogP contribution is 2.38. The molecule has 104 valence electrons. The Morgan fingerprint density at radius 1 is 1.22 bits per heavy atom. The van der Waals surface area contributed by atoms with E-state index in [9.17, 15) is 9.59 Å². The van der Waals surface area contributed by atoms with Crippen molar-refractivity contribution >= 4 is 11.9 Å². The minimum atomic E-state index is -0.832. The van der Waals surface area contributed by atoms with Crippen molar-refractivity contribution in [1.82, 2.24) is 10.6 Å². The van der Waals surface area contributed by atoms with E-state index in [1.165, 1.54) is 0 Å². The van der Waals surface area contributed by atoms with Gasteiger partial charge in [0.05, 0.1) is 11.8 Å². The zero-order chi connectivity index (χ0) is 13.5. The second kappa shape index (κ2) is 7.36. The van der Waals surface area contributed by atoms with Crippen molar-refractivity contribution in [3.05, 3.63) is 0 Å². The molecule has 0 saturated heterocycles. The lowest BCUT2D eigenvalue weighted by molar-refractivity contribution is -0.146. The van der Waals surface area contributed by atoms with E-state index >= 15 is 0 Å². The number of carbonyl (C=O) groups is 2. The zero-order valence-electron chi connectivity index (χ0n) is 11.2. The number of hydrogen-bond donors (Lipinski definition) is 3. The van der Waals surface area contributed by atoms with Gasteiger partial charge in [0, 0.05) is 6.54 Å². The lowest BCUT2D eigenvalue weighted by atomic mass is 9.95. The molecule has 3 N–H and O–H groups in total. The molecular formula is C13H24N2O3. The van der Waals surface area contributed by atoms with Gasteiger partial charge in [-0.15, -0.1) is 0 Å². The Morgan fingerprint density at radius 2 is 1.89 bits per heavy atom. The number of nitrogens with one attached hydrogen (secondary N) is 2. The van der Waals surface area contributed by atoms with E-state index in [2.05, 4.69) is 17.6 Å². The molecule has 1 fully saturated rings. The van der Waals surface area contributed by atoms with Crippen LogP contribution in [-0.4, -0.2) is 37.1 Å². The number of rotatable bonds is 7. The molecular weight excluding hydrogens is 232 g/mol. The predicted molar refractivity (Wildman–Crippen MR) is 69.2 cm³/mol. The van der Waals surface area contributed by atoms with E-state index in [1.807, 2.05) is 7.05 Å². The maximum absolute atomic E-state index is 12.0. The first-order valence-corrected chi connectivity index (χ1v) is 6.75. The van der Waals surface area contributed by atoms with Crippen LogP contribution in [0.4, 0.5) is 0 Å². The molecule has 3 atom stereocenters. The summed E-state index contributed by atoms with van der Waals surface area (Å²) in [7, 11) is 1.87. The molecule has 0 aromatic heterocycles. The van der Waals surface area contributed by atoms with Gasteiger partial charge in [-0.2, -0.15) is 0 Å². The molecule has 1 amide bonds. The molecule has 18 heavy (non-hydrogen) atoms. The first kappa shape index (κ1) is 15.0. The molecule has 1 aliphatic carbocycles. The Balaban J connectivity index is 2.46. The number of carboxylic acid groups (broad SMARTS) is 1. The van der Waals surface area contributed by atoms with Crippen LogP contribution in [0.5, 0.6) is 0 Å². The van der Waals surface area contributed by atoms with Crippen molar-refractivity contribution in [3.63, 3.8) is 0 Å². The molecule has 0 aromatic carbocycles. The van der Waals surface area contributed by atoms with Crippen molar-refractivity contribution < 1.29 is 14.7 Å². The standard InChI is InChI=1S/C13H24N2O3/c1-3-9-7-10(11(8-9)13(17)18)12(16)15-6-4-5-14-2/h9-11,14H,3-8H2,1-2H3,(H,15,16)(H,17,18)/t9?,10-,11+/m0/s1. The third-order valence-electron chi connectivity index (χ3n) is 3.79. The summed E-state index contributed by atoms with van der Waals surface area (Å²) in [6.45, 7) is 3.51. The van der Waals surface area contributed by atoms with Gasteiger partial charge >= 0.3 is 5.97 Å². The fourth-order valence-corrected chi connectivity index (χ4v) is 2.65. The van der Waals surface area contributed by atoms with Crippen molar-refractivity contribution in [2.75, 3.05) is 20.1 Å². The van der Waals surface area contributed by atoms with Gasteiger partial charge in [0.25, 0.3) is 0 Å². The molecule has 1 saturated carbocycles. The molecule has 0 bridgehead atoms. The first-order chi connectivity index (χ1) is 8.60. The van der Waals surface area contributed by atoms with E-state index in [-0.39, 0.29) is 11.8 Å². The molecule has 1 aliphatic rings. The Kier molecular flexibility index (Phi) is 6.12. The third-order valence-corrected chi connectivity index (χ3v) is 3.79. The van der Waals surface area contributed by atoms with Crippen LogP contribution in [-0.2, 0) is 9.59 Å². The monoisotopic (exact) mass is 256 g/mol. The fourth-order valence-electron chi connectivity index (χ4n) is 2.65. The summed E-state index contributed by atoms with van der Waals surface area (Å²) in [4.78, 5) is 23.2. The SMILES string of the molecule is CCC1C[C@H](C(=O)NCCCNC)[C@H](C(=O)O)C1. The van der Waals surface area contributed by atoms with Crippen LogP contribution in [0.3, 0.4) is 0 Å². The Hall–Kier alpha value is -1.10. The summed E-state index contributed by atoms with van der Waals surface area (Å²) in [5.74, 6) is -1.39. The quantitative estimate of drug-likeness (QED) is 0.590. The summed E-state index contributed by atoms with van der Waals surface area (Å²) < 4.78 is 0. The minimum absolute atomic E-state index is 0.0885. The van der Waals surface area contributed by atoms with E-state index < -0.39 is 11.9 Å². The molecule has 5 heteroatoms. The van der Waals surface area contributed by atoms with E-state index in [4.69, 9.17) is 5.11 Å². The van der Waals surface area contributed by atoms with Crippen LogP contribution >= 0.6 is 0 Å². The van der Waals surface area contributed by atoms with Crippen molar-refractivity contribution in [2.45, 2.75) is 32.6 Å². The number of amides is 1. The number of carboxylic acids is 1. The van der Waals surface area contributed by atoms with Gasteiger partial charge in [-0.25, -0.2) is 0 Å². The summed E-state index contributed by atoms with van der Waals surface area (Å²) >= 11 is 0. The van der Waals surface area contributed by atoms with Gasteiger partial charge in [0.15, 0.2) is 0 Å². The molecule has 1 rings (SSSR count). The highest BCUT2D eigenvalue weighted by molar-refractivity contribution is 5.85. The topological polar surface area (TPSA) is 78.4 Å². The summed E-state index contributed by atoms with van der Waals surface area (Å²) in [6.07, 6.45) is 3.17. The predicted octanol–water partition coefficient (Wildman–Crippen LogP) is 0.849. The second-order valence-electron chi connectivity index (χ2n) is 5.05. The summed E-state index contributed by atoms with van der Waals surface area (Å²) in [6, 6.07) is 0. The largest absolute Gasteiger partial charge is 0.481 e. The van der Waals surface area contributed by atoms with Crippen LogP contribution in [0, 0.1) is 17.8 Å². The molecule has 0 heterocycles. The van der Waals surface area contributed by atoms with Gasteiger partial charge in [-0.05, 0) is 38.8 Å². The Morgan fingerprint density at radius 3 is 2.44 bits per heavy atom. The zero-order valence-corrected chi connectivity index (χ0v) is 11.2. The molecule has 0 aromatic rings. The van der Waals surface area contributed by atoms with Crippen molar-refractivity contribution in [2.24, 2.45) is 17.8 Å². The summed E-state index contributed by atoms with van der Waals surface area (Å²) in [5, 5.41) is 15.0. The van der Waals surface area contributed by atoms with E-state index in [1.54, 1.807) is 0 Å². The van der Waals surface area contributed by atoms with Gasteiger partial charge in [0.2, 0.25) is 5.91 Å². The van der Waals surface area contributed by atoms with Crippen LogP contribution in [0.1, 0.15) is 32.6 Å². The Labute approximate surface area is 108 Å². The molecule has 0 radical (unpaired) electrons. The maximum atomic E-state index is 12.0. The normalized spacial score (nSPS) is 27.1. The molecule has 1 unspecified atom stereocenters. The van der Waals surface area contributed by atoms with E-state index in [0.717, 1.165) is 19.4 Å². The molecule has 0 spiro atoms. The van der Waals surface area contributed by atoms with E-state index in [0.29, 0.717) is 25.3 Å². The van der Waals surface area contributed by atoms with Crippen LogP contribution in [0.25, 0.3) is 0 Å². The van der Waals surface area contributed by atoms with Crippen molar-refractivity contribution in [3.8, 4) is 0 Å². The lowest BCUT2D eigenvalue weighted by Gasteiger charge is -2.15. The van der Waals surface area contributed by atoms with Crippen LogP contribution in [0.2, 0.25) is 0 Å². The van der Waals surface area contributed by atoms with Gasteiger partial charge < -0.3 is 15.7 Å². The minimum Gasteiger partial charge on any atom is -0.481 e. The third kappa shape index (κ3) is 3.98.